The number of hydrogen-bond acceptors (Lipinski definition) is 3. The van der Waals surface area contributed by atoms with Gasteiger partial charge in [0.2, 0.25) is 0 Å². The molecule has 5 nitrogen and oxygen atoms in total. The van der Waals surface area contributed by atoms with Crippen molar-refractivity contribution in [3.05, 3.63) is 90.5 Å². The predicted octanol–water partition coefficient (Wildman–Crippen LogP) is 4.34. The Morgan fingerprint density at radius 3 is 2.74 bits per heavy atom. The van der Waals surface area contributed by atoms with Crippen molar-refractivity contribution in [3.63, 3.8) is 0 Å². The quantitative estimate of drug-likeness (QED) is 0.635. The Bertz CT molecular complexity index is 1130. The van der Waals surface area contributed by atoms with E-state index in [2.05, 4.69) is 41.2 Å². The highest BCUT2D eigenvalue weighted by atomic mass is 19.1. The van der Waals surface area contributed by atoms with E-state index in [4.69, 9.17) is 0 Å². The van der Waals surface area contributed by atoms with E-state index in [1.54, 1.807) is 23.2 Å². The lowest BCUT2D eigenvalue weighted by Crippen LogP contribution is -2.56. The van der Waals surface area contributed by atoms with Gasteiger partial charge in [0.05, 0.1) is 11.2 Å². The second kappa shape index (κ2) is 7.78. The highest BCUT2D eigenvalue weighted by molar-refractivity contribution is 6.06. The Morgan fingerprint density at radius 2 is 1.97 bits per heavy atom. The third-order valence-corrected chi connectivity index (χ3v) is 6.44. The zero-order valence-corrected chi connectivity index (χ0v) is 17.5. The van der Waals surface area contributed by atoms with Crippen LogP contribution in [-0.2, 0) is 11.3 Å². The third-order valence-electron chi connectivity index (χ3n) is 6.44. The molecular weight excluding hydrogens is 391 g/mol. The van der Waals surface area contributed by atoms with Crippen LogP contribution in [0, 0.1) is 5.82 Å². The maximum Gasteiger partial charge on any atom is 0.251 e. The van der Waals surface area contributed by atoms with Crippen LogP contribution in [0.5, 0.6) is 0 Å². The monoisotopic (exact) mass is 416 g/mol. The molecule has 1 spiro atoms. The van der Waals surface area contributed by atoms with Gasteiger partial charge in [-0.05, 0) is 61.7 Å². The van der Waals surface area contributed by atoms with Gasteiger partial charge in [0, 0.05) is 43.3 Å². The Labute approximate surface area is 181 Å². The predicted molar refractivity (Wildman–Crippen MR) is 118 cm³/mol. The maximum absolute atomic E-state index is 13.8. The molecule has 5 rings (SSSR count). The van der Waals surface area contributed by atoms with Gasteiger partial charge in [-0.3, -0.25) is 14.6 Å². The maximum atomic E-state index is 13.8. The molecule has 0 radical (unpaired) electrons. The molecule has 0 unspecified atom stereocenters. The summed E-state index contributed by atoms with van der Waals surface area (Å²) in [5.41, 5.74) is 2.51. The number of hydrogen-bond donors (Lipinski definition) is 0. The van der Waals surface area contributed by atoms with Crippen molar-refractivity contribution in [2.75, 3.05) is 11.4 Å². The molecule has 0 bridgehead atoms. The first-order valence-electron chi connectivity index (χ1n) is 10.7. The van der Waals surface area contributed by atoms with E-state index >= 15 is 0 Å². The van der Waals surface area contributed by atoms with Crippen molar-refractivity contribution in [1.82, 2.24) is 14.7 Å². The number of anilines is 1. The van der Waals surface area contributed by atoms with Crippen molar-refractivity contribution >= 4 is 11.6 Å². The third kappa shape index (κ3) is 3.68. The number of aromatic nitrogens is 2. The molecule has 1 saturated heterocycles. The molecule has 2 aliphatic heterocycles. The van der Waals surface area contributed by atoms with Gasteiger partial charge < -0.3 is 0 Å². The summed E-state index contributed by atoms with van der Waals surface area (Å²) in [6.07, 6.45) is 9.00. The van der Waals surface area contributed by atoms with Crippen LogP contribution in [0.25, 0.3) is 5.69 Å². The van der Waals surface area contributed by atoms with Gasteiger partial charge in [-0.2, -0.15) is 5.10 Å². The van der Waals surface area contributed by atoms with Crippen LogP contribution >= 0.6 is 0 Å². The molecule has 31 heavy (non-hydrogen) atoms. The van der Waals surface area contributed by atoms with E-state index in [9.17, 15) is 9.18 Å². The largest absolute Gasteiger partial charge is 0.299 e. The van der Waals surface area contributed by atoms with E-state index < -0.39 is 5.54 Å². The second-order valence-corrected chi connectivity index (χ2v) is 8.48. The smallest absolute Gasteiger partial charge is 0.251 e. The minimum Gasteiger partial charge on any atom is -0.299 e. The van der Waals surface area contributed by atoms with Gasteiger partial charge in [0.25, 0.3) is 5.91 Å². The Balaban J connectivity index is 1.34. The number of piperidine rings is 1. The first kappa shape index (κ1) is 19.7. The highest BCUT2D eigenvalue weighted by Crippen LogP contribution is 2.40. The van der Waals surface area contributed by atoms with Crippen LogP contribution in [0.4, 0.5) is 10.1 Å². The summed E-state index contributed by atoms with van der Waals surface area (Å²) >= 11 is 0. The molecule has 1 fully saturated rings. The first-order valence-corrected chi connectivity index (χ1v) is 10.7. The van der Waals surface area contributed by atoms with Crippen molar-refractivity contribution < 1.29 is 9.18 Å². The van der Waals surface area contributed by atoms with E-state index in [1.807, 2.05) is 29.1 Å². The zero-order valence-electron chi connectivity index (χ0n) is 17.5. The van der Waals surface area contributed by atoms with E-state index in [0.29, 0.717) is 5.69 Å². The lowest BCUT2D eigenvalue weighted by atomic mass is 9.82. The van der Waals surface area contributed by atoms with Crippen molar-refractivity contribution in [3.8, 4) is 5.69 Å². The van der Waals surface area contributed by atoms with Crippen LogP contribution in [0.3, 0.4) is 0 Å². The summed E-state index contributed by atoms with van der Waals surface area (Å²) in [7, 11) is 0. The molecule has 1 aromatic heterocycles. The summed E-state index contributed by atoms with van der Waals surface area (Å²) in [6.45, 7) is 3.90. The topological polar surface area (TPSA) is 41.4 Å². The van der Waals surface area contributed by atoms with Crippen LogP contribution in [0.15, 0.2) is 79.1 Å². The number of carbonyl (C=O) groups is 1. The summed E-state index contributed by atoms with van der Waals surface area (Å²) < 4.78 is 15.7. The number of rotatable bonds is 4. The van der Waals surface area contributed by atoms with Crippen molar-refractivity contribution in [2.45, 2.75) is 37.9 Å². The van der Waals surface area contributed by atoms with Gasteiger partial charge in [0.15, 0.2) is 0 Å². The SMILES string of the molecule is C[C@H]1C[C@@]2(C=CC(=O)N2c2cccc(F)c2)CCN1Cc1cccc(-n2cccn2)c1. The normalized spacial score (nSPS) is 23.7. The highest BCUT2D eigenvalue weighted by Gasteiger charge is 2.46. The average Bonchev–Trinajstić information content (AvgIpc) is 3.40. The number of carbonyl (C=O) groups excluding carboxylic acids is 1. The van der Waals surface area contributed by atoms with Gasteiger partial charge in [0.1, 0.15) is 5.82 Å². The molecule has 158 valence electrons. The molecule has 1 amide bonds. The summed E-state index contributed by atoms with van der Waals surface area (Å²) in [6, 6.07) is 16.9. The van der Waals surface area contributed by atoms with Crippen LogP contribution in [0.2, 0.25) is 0 Å². The minimum atomic E-state index is -0.391. The summed E-state index contributed by atoms with van der Waals surface area (Å²) in [5, 5.41) is 4.32. The van der Waals surface area contributed by atoms with Gasteiger partial charge >= 0.3 is 0 Å². The van der Waals surface area contributed by atoms with E-state index in [0.717, 1.165) is 31.6 Å². The lowest BCUT2D eigenvalue weighted by Gasteiger charge is -2.47. The van der Waals surface area contributed by atoms with Gasteiger partial charge in [-0.1, -0.05) is 24.3 Å². The standard InChI is InChI=1S/C25H25FN4O/c1-19-17-25(10-9-24(31)30(25)23-8-3-6-21(26)16-23)11-14-28(19)18-20-5-2-7-22(15-20)29-13-4-12-27-29/h2-10,12-13,15-16,19H,11,14,17-18H2,1H3/t19-,25+/m0/s1. The number of amides is 1. The molecule has 3 aromatic rings. The number of benzene rings is 2. The minimum absolute atomic E-state index is 0.0711. The van der Waals surface area contributed by atoms with Crippen molar-refractivity contribution in [1.29, 1.82) is 0 Å². The Kier molecular flexibility index (Phi) is 4.94. The fourth-order valence-electron chi connectivity index (χ4n) is 4.94. The van der Waals surface area contributed by atoms with Crippen LogP contribution in [0.1, 0.15) is 25.3 Å². The lowest BCUT2D eigenvalue weighted by molar-refractivity contribution is -0.114. The van der Waals surface area contributed by atoms with E-state index in [1.165, 1.54) is 17.7 Å². The molecule has 2 aliphatic rings. The molecule has 3 heterocycles. The molecule has 2 aromatic carbocycles. The summed E-state index contributed by atoms with van der Waals surface area (Å²) in [4.78, 5) is 16.9. The van der Waals surface area contributed by atoms with Crippen LogP contribution < -0.4 is 4.90 Å². The molecule has 0 aliphatic carbocycles. The molecule has 2 atom stereocenters. The molecular formula is C25H25FN4O. The average molecular weight is 417 g/mol. The van der Waals surface area contributed by atoms with E-state index in [-0.39, 0.29) is 17.8 Å². The Morgan fingerprint density at radius 1 is 1.13 bits per heavy atom. The van der Waals surface area contributed by atoms with Gasteiger partial charge in [-0.25, -0.2) is 9.07 Å². The fourth-order valence-corrected chi connectivity index (χ4v) is 4.94. The number of likely N-dealkylation sites (tertiary alicyclic amines) is 1. The Hall–Kier alpha value is -3.25. The zero-order chi connectivity index (χ0) is 21.4. The first-order chi connectivity index (χ1) is 15.0. The molecule has 0 saturated carbocycles. The molecule has 0 N–H and O–H groups in total. The summed E-state index contributed by atoms with van der Waals surface area (Å²) in [5.74, 6) is -0.395. The van der Waals surface area contributed by atoms with Gasteiger partial charge in [-0.15, -0.1) is 0 Å². The fraction of sp³-hybridized carbons (Fsp3) is 0.280. The number of halogens is 1. The molecule has 6 heteroatoms. The van der Waals surface area contributed by atoms with Crippen molar-refractivity contribution in [2.24, 2.45) is 0 Å². The number of nitrogens with zero attached hydrogens (tertiary/aromatic N) is 4. The second-order valence-electron chi connectivity index (χ2n) is 8.48. The van der Waals surface area contributed by atoms with Crippen LogP contribution in [-0.4, -0.2) is 38.7 Å².